The van der Waals surface area contributed by atoms with Gasteiger partial charge in [0, 0.05) is 19.7 Å². The first-order chi connectivity index (χ1) is 10.6. The maximum absolute atomic E-state index is 12.4. The zero-order valence-electron chi connectivity index (χ0n) is 12.4. The summed E-state index contributed by atoms with van der Waals surface area (Å²) >= 11 is 0. The number of urea groups is 1. The number of carbonyl (C=O) groups excluding carboxylic acids is 1. The second-order valence-electron chi connectivity index (χ2n) is 4.98. The summed E-state index contributed by atoms with van der Waals surface area (Å²) in [5.41, 5.74) is 0.221. The van der Waals surface area contributed by atoms with Gasteiger partial charge >= 0.3 is 12.6 Å². The summed E-state index contributed by atoms with van der Waals surface area (Å²) in [6.45, 7) is 0.626. The predicted octanol–water partition coefficient (Wildman–Crippen LogP) is 3.32. The fourth-order valence-corrected chi connectivity index (χ4v) is 2.35. The van der Waals surface area contributed by atoms with E-state index in [0.29, 0.717) is 13.1 Å². The maximum atomic E-state index is 12.4. The van der Waals surface area contributed by atoms with Gasteiger partial charge in [-0.15, -0.1) is 0 Å². The van der Waals surface area contributed by atoms with Crippen molar-refractivity contribution in [2.75, 3.05) is 25.0 Å². The molecule has 1 unspecified atom stereocenters. The van der Waals surface area contributed by atoms with Crippen molar-refractivity contribution in [1.29, 1.82) is 0 Å². The molecule has 0 radical (unpaired) electrons. The molecule has 1 N–H and O–H groups in total. The molecule has 1 aliphatic rings. The van der Waals surface area contributed by atoms with Gasteiger partial charge in [0.1, 0.15) is 5.75 Å². The molecule has 0 bridgehead atoms. The highest BCUT2D eigenvalue weighted by Gasteiger charge is 2.22. The van der Waals surface area contributed by atoms with E-state index in [1.807, 2.05) is 6.92 Å². The minimum Gasteiger partial charge on any atom is -0.433 e. The number of anilines is 1. The number of benzene rings is 1. The number of ether oxygens (including phenoxy) is 2. The number of hydrogen-bond donors (Lipinski definition) is 1. The van der Waals surface area contributed by atoms with Gasteiger partial charge in [-0.05, 0) is 31.9 Å². The molecule has 1 atom stereocenters. The maximum Gasteiger partial charge on any atom is 0.387 e. The first-order valence-corrected chi connectivity index (χ1v) is 7.31. The molecule has 7 heteroatoms. The van der Waals surface area contributed by atoms with Gasteiger partial charge in [0.05, 0.1) is 11.8 Å². The van der Waals surface area contributed by atoms with Crippen LogP contribution in [0.3, 0.4) is 0 Å². The Hall–Kier alpha value is -1.89. The van der Waals surface area contributed by atoms with Crippen LogP contribution in [-0.2, 0) is 4.74 Å². The normalized spacial score (nSPS) is 17.5. The van der Waals surface area contributed by atoms with E-state index in [2.05, 4.69) is 10.1 Å². The molecular formula is C15H20F2N2O3. The second kappa shape index (κ2) is 7.93. The summed E-state index contributed by atoms with van der Waals surface area (Å²) in [4.78, 5) is 13.9. The number of rotatable bonds is 6. The number of para-hydroxylation sites is 2. The number of nitrogens with one attached hydrogen (secondary N) is 1. The molecule has 22 heavy (non-hydrogen) atoms. The molecule has 1 aromatic rings. The van der Waals surface area contributed by atoms with E-state index in [0.717, 1.165) is 19.4 Å². The molecule has 0 aliphatic carbocycles. The molecular weight excluding hydrogens is 294 g/mol. The Labute approximate surface area is 128 Å². The highest BCUT2D eigenvalue weighted by Crippen LogP contribution is 2.26. The summed E-state index contributed by atoms with van der Waals surface area (Å²) in [6, 6.07) is 5.76. The first kappa shape index (κ1) is 16.5. The van der Waals surface area contributed by atoms with Crippen molar-refractivity contribution < 1.29 is 23.0 Å². The van der Waals surface area contributed by atoms with E-state index in [4.69, 9.17) is 4.74 Å². The summed E-state index contributed by atoms with van der Waals surface area (Å²) < 4.78 is 34.7. The molecule has 1 saturated heterocycles. The average Bonchev–Trinajstić information content (AvgIpc) is 2.99. The Balaban J connectivity index is 2.00. The van der Waals surface area contributed by atoms with Gasteiger partial charge in [-0.2, -0.15) is 8.78 Å². The van der Waals surface area contributed by atoms with E-state index in [1.54, 1.807) is 17.0 Å². The molecule has 1 fully saturated rings. The van der Waals surface area contributed by atoms with Gasteiger partial charge < -0.3 is 19.7 Å². The van der Waals surface area contributed by atoms with Crippen LogP contribution in [0, 0.1) is 0 Å². The number of halogens is 2. The topological polar surface area (TPSA) is 50.8 Å². The lowest BCUT2D eigenvalue weighted by Gasteiger charge is -2.24. The number of hydrogen-bond acceptors (Lipinski definition) is 3. The van der Waals surface area contributed by atoms with Crippen molar-refractivity contribution in [3.05, 3.63) is 24.3 Å². The van der Waals surface area contributed by atoms with Crippen LogP contribution in [0.25, 0.3) is 0 Å². The molecule has 0 spiro atoms. The van der Waals surface area contributed by atoms with Crippen LogP contribution in [0.2, 0.25) is 0 Å². The van der Waals surface area contributed by atoms with Crippen molar-refractivity contribution in [2.45, 2.75) is 32.5 Å². The van der Waals surface area contributed by atoms with E-state index in [9.17, 15) is 13.6 Å². The van der Waals surface area contributed by atoms with Crippen LogP contribution >= 0.6 is 0 Å². The summed E-state index contributed by atoms with van der Waals surface area (Å²) in [7, 11) is 0. The lowest BCUT2D eigenvalue weighted by atomic mass is 10.2. The van der Waals surface area contributed by atoms with Crippen LogP contribution < -0.4 is 10.1 Å². The molecule has 5 nitrogen and oxygen atoms in total. The van der Waals surface area contributed by atoms with E-state index >= 15 is 0 Å². The molecule has 1 aromatic carbocycles. The molecule has 1 heterocycles. The van der Waals surface area contributed by atoms with Crippen molar-refractivity contribution in [3.8, 4) is 5.75 Å². The second-order valence-corrected chi connectivity index (χ2v) is 4.98. The quantitative estimate of drug-likeness (QED) is 0.876. The molecule has 1 aliphatic heterocycles. The highest BCUT2D eigenvalue weighted by atomic mass is 19.3. The van der Waals surface area contributed by atoms with Gasteiger partial charge in [0.2, 0.25) is 0 Å². The fourth-order valence-electron chi connectivity index (χ4n) is 2.35. The highest BCUT2D eigenvalue weighted by molar-refractivity contribution is 5.91. The summed E-state index contributed by atoms with van der Waals surface area (Å²) in [5.74, 6) is -0.0565. The SMILES string of the molecule is CCN(CC1CCCO1)C(=O)Nc1ccccc1OC(F)F. The molecule has 0 saturated carbocycles. The van der Waals surface area contributed by atoms with Crippen molar-refractivity contribution in [3.63, 3.8) is 0 Å². The van der Waals surface area contributed by atoms with E-state index in [-0.39, 0.29) is 23.6 Å². The lowest BCUT2D eigenvalue weighted by molar-refractivity contribution is -0.0493. The molecule has 0 aromatic heterocycles. The third-order valence-corrected chi connectivity index (χ3v) is 3.46. The summed E-state index contributed by atoms with van der Waals surface area (Å²) in [6.07, 6.45) is 1.96. The number of nitrogens with zero attached hydrogens (tertiary/aromatic N) is 1. The van der Waals surface area contributed by atoms with E-state index < -0.39 is 6.61 Å². The van der Waals surface area contributed by atoms with Crippen molar-refractivity contribution in [2.24, 2.45) is 0 Å². The number of alkyl halides is 2. The third kappa shape index (κ3) is 4.56. The van der Waals surface area contributed by atoms with Gasteiger partial charge in [0.25, 0.3) is 0 Å². The van der Waals surface area contributed by atoms with Crippen LogP contribution in [0.4, 0.5) is 19.3 Å². The average molecular weight is 314 g/mol. The van der Waals surface area contributed by atoms with Gasteiger partial charge in [-0.1, -0.05) is 12.1 Å². The van der Waals surface area contributed by atoms with Crippen molar-refractivity contribution >= 4 is 11.7 Å². The predicted molar refractivity (Wildman–Crippen MR) is 78.3 cm³/mol. The zero-order chi connectivity index (χ0) is 15.9. The number of amides is 2. The molecule has 122 valence electrons. The summed E-state index contributed by atoms with van der Waals surface area (Å²) in [5, 5.41) is 2.61. The Bertz CT molecular complexity index is 493. The smallest absolute Gasteiger partial charge is 0.387 e. The molecule has 2 rings (SSSR count). The Kier molecular flexibility index (Phi) is 5.94. The lowest BCUT2D eigenvalue weighted by Crippen LogP contribution is -2.40. The fraction of sp³-hybridized carbons (Fsp3) is 0.533. The Morgan fingerprint density at radius 2 is 2.27 bits per heavy atom. The minimum absolute atomic E-state index is 0.0401. The Morgan fingerprint density at radius 3 is 2.91 bits per heavy atom. The molecule has 2 amide bonds. The standard InChI is InChI=1S/C15H20F2N2O3/c1-2-19(10-11-6-5-9-21-11)15(20)18-12-7-3-4-8-13(12)22-14(16)17/h3-4,7-8,11,14H,2,5-6,9-10H2,1H3,(H,18,20). The van der Waals surface area contributed by atoms with Gasteiger partial charge in [-0.25, -0.2) is 4.79 Å². The number of likely N-dealkylation sites (N-methyl/N-ethyl adjacent to an activating group) is 1. The third-order valence-electron chi connectivity index (χ3n) is 3.46. The van der Waals surface area contributed by atoms with Crippen LogP contribution in [0.1, 0.15) is 19.8 Å². The van der Waals surface area contributed by atoms with Crippen LogP contribution in [0.15, 0.2) is 24.3 Å². The van der Waals surface area contributed by atoms with Crippen LogP contribution in [0.5, 0.6) is 5.75 Å². The zero-order valence-corrected chi connectivity index (χ0v) is 12.4. The minimum atomic E-state index is -2.94. The first-order valence-electron chi connectivity index (χ1n) is 7.31. The Morgan fingerprint density at radius 1 is 1.50 bits per heavy atom. The number of carbonyl (C=O) groups is 1. The monoisotopic (exact) mass is 314 g/mol. The largest absolute Gasteiger partial charge is 0.433 e. The van der Waals surface area contributed by atoms with Gasteiger partial charge in [0.15, 0.2) is 0 Å². The van der Waals surface area contributed by atoms with Gasteiger partial charge in [-0.3, -0.25) is 0 Å². The van der Waals surface area contributed by atoms with Crippen molar-refractivity contribution in [1.82, 2.24) is 4.90 Å². The van der Waals surface area contributed by atoms with E-state index in [1.165, 1.54) is 12.1 Å². The van der Waals surface area contributed by atoms with Crippen LogP contribution in [-0.4, -0.2) is 43.3 Å².